The van der Waals surface area contributed by atoms with Crippen molar-refractivity contribution in [3.05, 3.63) is 65.7 Å². The third-order valence-electron chi connectivity index (χ3n) is 6.95. The molecule has 1 aliphatic heterocycles. The summed E-state index contributed by atoms with van der Waals surface area (Å²) < 4.78 is 0. The van der Waals surface area contributed by atoms with Crippen LogP contribution in [0, 0.1) is 11.8 Å². The lowest BCUT2D eigenvalue weighted by Crippen LogP contribution is -2.51. The van der Waals surface area contributed by atoms with Gasteiger partial charge >= 0.3 is 0 Å². The van der Waals surface area contributed by atoms with E-state index >= 15 is 0 Å². The number of rotatable bonds is 12. The van der Waals surface area contributed by atoms with Crippen molar-refractivity contribution in [1.29, 1.82) is 0 Å². The number of nitrogens with two attached hydrogens (primary N) is 1. The molecule has 0 spiro atoms. The zero-order valence-electron chi connectivity index (χ0n) is 21.5. The average Bonchev–Trinajstić information content (AvgIpc) is 2.79. The second kappa shape index (κ2) is 13.2. The van der Waals surface area contributed by atoms with E-state index in [9.17, 15) is 0 Å². The Bertz CT molecular complexity index is 784. The van der Waals surface area contributed by atoms with E-state index in [0.717, 1.165) is 44.8 Å². The summed E-state index contributed by atoms with van der Waals surface area (Å²) in [5, 5.41) is 0. The molecule has 33 heavy (non-hydrogen) atoms. The molecule has 1 saturated heterocycles. The summed E-state index contributed by atoms with van der Waals surface area (Å²) in [5.41, 5.74) is 10.7. The first kappa shape index (κ1) is 25.8. The first-order chi connectivity index (χ1) is 15.9. The van der Waals surface area contributed by atoms with Crippen molar-refractivity contribution < 1.29 is 0 Å². The molecule has 3 heteroatoms. The van der Waals surface area contributed by atoms with Gasteiger partial charge in [-0.3, -0.25) is 4.90 Å². The number of benzene rings is 2. The minimum absolute atomic E-state index is 0.289. The molecule has 2 N–H and O–H groups in total. The summed E-state index contributed by atoms with van der Waals surface area (Å²) >= 11 is 0. The van der Waals surface area contributed by atoms with Gasteiger partial charge in [0.15, 0.2) is 0 Å². The van der Waals surface area contributed by atoms with E-state index in [1.54, 1.807) is 0 Å². The van der Waals surface area contributed by atoms with Crippen molar-refractivity contribution in [2.45, 2.75) is 78.3 Å². The Labute approximate surface area is 203 Å². The summed E-state index contributed by atoms with van der Waals surface area (Å²) in [6.45, 7) is 13.7. The molecule has 2 aromatic carbocycles. The molecule has 0 bridgehead atoms. The number of nitrogens with zero attached hydrogens (tertiary/aromatic N) is 2. The number of piperidine rings is 1. The molecule has 1 aliphatic rings. The summed E-state index contributed by atoms with van der Waals surface area (Å²) in [6, 6.07) is 21.1. The topological polar surface area (TPSA) is 32.5 Å². The van der Waals surface area contributed by atoms with Crippen LogP contribution in [0.25, 0.3) is 0 Å². The third-order valence-corrected chi connectivity index (χ3v) is 6.95. The van der Waals surface area contributed by atoms with Gasteiger partial charge in [-0.1, -0.05) is 70.2 Å². The van der Waals surface area contributed by atoms with E-state index in [-0.39, 0.29) is 6.04 Å². The van der Waals surface area contributed by atoms with Crippen LogP contribution in [0.1, 0.15) is 64.5 Å². The molecule has 182 valence electrons. The van der Waals surface area contributed by atoms with Crippen molar-refractivity contribution in [1.82, 2.24) is 4.90 Å². The minimum atomic E-state index is 0.289. The lowest BCUT2D eigenvalue weighted by Gasteiger charge is -2.42. The van der Waals surface area contributed by atoms with Crippen LogP contribution in [0.3, 0.4) is 0 Å². The Balaban J connectivity index is 1.64. The van der Waals surface area contributed by atoms with Gasteiger partial charge in [0.2, 0.25) is 0 Å². The molecule has 0 aromatic heterocycles. The first-order valence-corrected chi connectivity index (χ1v) is 13.3. The highest BCUT2D eigenvalue weighted by Gasteiger charge is 2.26. The number of likely N-dealkylation sites (tertiary alicyclic amines) is 1. The monoisotopic (exact) mass is 449 g/mol. The van der Waals surface area contributed by atoms with Gasteiger partial charge in [-0.15, -0.1) is 0 Å². The highest BCUT2D eigenvalue weighted by Crippen LogP contribution is 2.25. The number of hydrogen-bond donors (Lipinski definition) is 1. The van der Waals surface area contributed by atoms with Gasteiger partial charge in [-0.25, -0.2) is 0 Å². The molecular weight excluding hydrogens is 402 g/mol. The number of hydrogen-bond acceptors (Lipinski definition) is 3. The Kier molecular flexibility index (Phi) is 10.3. The largest absolute Gasteiger partial charge is 0.367 e. The molecule has 0 radical (unpaired) electrons. The molecule has 1 fully saturated rings. The predicted octanol–water partition coefficient (Wildman–Crippen LogP) is 6.16. The van der Waals surface area contributed by atoms with Gasteiger partial charge < -0.3 is 10.6 Å². The Morgan fingerprint density at radius 3 is 2.21 bits per heavy atom. The van der Waals surface area contributed by atoms with E-state index in [4.69, 9.17) is 5.73 Å². The van der Waals surface area contributed by atoms with Gasteiger partial charge in [0.25, 0.3) is 0 Å². The zero-order chi connectivity index (χ0) is 23.6. The molecule has 3 nitrogen and oxygen atoms in total. The summed E-state index contributed by atoms with van der Waals surface area (Å²) in [5.74, 6) is 1.39. The minimum Gasteiger partial charge on any atom is -0.367 e. The maximum absolute atomic E-state index is 6.47. The van der Waals surface area contributed by atoms with E-state index < -0.39 is 0 Å². The van der Waals surface area contributed by atoms with E-state index in [0.29, 0.717) is 12.0 Å². The predicted molar refractivity (Wildman–Crippen MR) is 144 cm³/mol. The van der Waals surface area contributed by atoms with Crippen LogP contribution in [0.4, 0.5) is 5.69 Å². The standard InChI is InChI=1S/C30H47N3/c1-24(2)18-20-33(30-11-8-19-32(23-30)22-28(31)21-25(3)4)29-16-14-27(15-17-29)13-12-26-9-6-5-7-10-26/h5-7,9-10,14-17,24-25,28,30H,8,11-13,18-23,31H2,1-4H3/t28?,30-/m0/s1. The van der Waals surface area contributed by atoms with Crippen molar-refractivity contribution >= 4 is 5.69 Å². The molecule has 2 aromatic rings. The van der Waals surface area contributed by atoms with Crippen LogP contribution in [0.2, 0.25) is 0 Å². The average molecular weight is 450 g/mol. The van der Waals surface area contributed by atoms with Crippen molar-refractivity contribution in [2.24, 2.45) is 17.6 Å². The fourth-order valence-corrected chi connectivity index (χ4v) is 5.17. The van der Waals surface area contributed by atoms with Crippen LogP contribution in [-0.2, 0) is 12.8 Å². The van der Waals surface area contributed by atoms with Gasteiger partial charge in [-0.2, -0.15) is 0 Å². The lowest BCUT2D eigenvalue weighted by molar-refractivity contribution is 0.187. The maximum atomic E-state index is 6.47. The van der Waals surface area contributed by atoms with E-state index in [2.05, 4.69) is 92.1 Å². The fourth-order valence-electron chi connectivity index (χ4n) is 5.17. The SMILES string of the molecule is CC(C)CCN(c1ccc(CCc2ccccc2)cc1)[C@H]1CCCN(CC(N)CC(C)C)C1. The molecule has 0 saturated carbocycles. The number of anilines is 1. The number of aryl methyl sites for hydroxylation is 2. The van der Waals surface area contributed by atoms with Gasteiger partial charge in [0, 0.05) is 37.4 Å². The second-order valence-corrected chi connectivity index (χ2v) is 11.0. The summed E-state index contributed by atoms with van der Waals surface area (Å²) in [6.07, 6.45) is 7.10. The zero-order valence-corrected chi connectivity index (χ0v) is 21.5. The molecule has 0 amide bonds. The van der Waals surface area contributed by atoms with Gasteiger partial charge in [0.1, 0.15) is 0 Å². The van der Waals surface area contributed by atoms with Crippen LogP contribution >= 0.6 is 0 Å². The first-order valence-electron chi connectivity index (χ1n) is 13.3. The van der Waals surface area contributed by atoms with Gasteiger partial charge in [0.05, 0.1) is 0 Å². The molecule has 1 heterocycles. The summed E-state index contributed by atoms with van der Waals surface area (Å²) in [4.78, 5) is 5.32. The highest BCUT2D eigenvalue weighted by atomic mass is 15.2. The Hall–Kier alpha value is -1.84. The molecule has 2 atom stereocenters. The van der Waals surface area contributed by atoms with E-state index in [1.165, 1.54) is 42.6 Å². The fraction of sp³-hybridized carbons (Fsp3) is 0.600. The summed E-state index contributed by atoms with van der Waals surface area (Å²) in [7, 11) is 0. The van der Waals surface area contributed by atoms with Gasteiger partial charge in [-0.05, 0) is 80.2 Å². The second-order valence-electron chi connectivity index (χ2n) is 11.0. The quantitative estimate of drug-likeness (QED) is 0.421. The smallest absolute Gasteiger partial charge is 0.0417 e. The molecule has 1 unspecified atom stereocenters. The maximum Gasteiger partial charge on any atom is 0.0417 e. The Morgan fingerprint density at radius 1 is 0.909 bits per heavy atom. The van der Waals surface area contributed by atoms with Crippen molar-refractivity contribution in [3.63, 3.8) is 0 Å². The third kappa shape index (κ3) is 8.79. The molecule has 3 rings (SSSR count). The lowest BCUT2D eigenvalue weighted by atomic mass is 9.99. The van der Waals surface area contributed by atoms with Crippen LogP contribution in [0.5, 0.6) is 0 Å². The van der Waals surface area contributed by atoms with Crippen molar-refractivity contribution in [3.8, 4) is 0 Å². The van der Waals surface area contributed by atoms with E-state index in [1.807, 2.05) is 0 Å². The Morgan fingerprint density at radius 2 is 1.58 bits per heavy atom. The van der Waals surface area contributed by atoms with Crippen LogP contribution in [0.15, 0.2) is 54.6 Å². The highest BCUT2D eigenvalue weighted by molar-refractivity contribution is 5.49. The van der Waals surface area contributed by atoms with Crippen LogP contribution < -0.4 is 10.6 Å². The molecular formula is C30H47N3. The normalized spacial score (nSPS) is 18.1. The van der Waals surface area contributed by atoms with Crippen LogP contribution in [-0.4, -0.2) is 43.2 Å². The van der Waals surface area contributed by atoms with Crippen molar-refractivity contribution in [2.75, 3.05) is 31.1 Å². The molecule has 0 aliphatic carbocycles.